The Hall–Kier alpha value is -4.17. The van der Waals surface area contributed by atoms with Crippen molar-refractivity contribution in [2.75, 3.05) is 10.8 Å². The summed E-state index contributed by atoms with van der Waals surface area (Å²) >= 11 is 0. The van der Waals surface area contributed by atoms with E-state index in [9.17, 15) is 18.0 Å². The van der Waals surface area contributed by atoms with Gasteiger partial charge in [-0.3, -0.25) is 13.9 Å². The Bertz CT molecular complexity index is 1760. The van der Waals surface area contributed by atoms with Crippen LogP contribution in [0.1, 0.15) is 55.2 Å². The molecule has 1 saturated carbocycles. The third-order valence-electron chi connectivity index (χ3n) is 9.01. The number of aryl methyl sites for hydroxylation is 1. The van der Waals surface area contributed by atoms with Crippen LogP contribution in [0.4, 0.5) is 5.69 Å². The van der Waals surface area contributed by atoms with E-state index in [0.29, 0.717) is 30.0 Å². The number of rotatable bonds is 11. The molecule has 2 amide bonds. The zero-order valence-electron chi connectivity index (χ0n) is 25.1. The lowest BCUT2D eigenvalue weighted by molar-refractivity contribution is -0.141. The van der Waals surface area contributed by atoms with Crippen LogP contribution in [0.3, 0.4) is 0 Å². The number of anilines is 1. The van der Waals surface area contributed by atoms with Gasteiger partial charge in [-0.25, -0.2) is 8.42 Å². The Balaban J connectivity index is 1.25. The van der Waals surface area contributed by atoms with Gasteiger partial charge in [-0.2, -0.15) is 0 Å². The molecule has 0 bridgehead atoms. The molecule has 228 valence electrons. The monoisotopic (exact) mass is 609 g/mol. The maximum absolute atomic E-state index is 14.2. The van der Waals surface area contributed by atoms with E-state index in [-0.39, 0.29) is 30.8 Å². The fourth-order valence-corrected chi connectivity index (χ4v) is 8.36. The lowest BCUT2D eigenvalue weighted by Gasteiger charge is -2.33. The Morgan fingerprint density at radius 1 is 0.909 bits per heavy atom. The predicted octanol–water partition coefficient (Wildman–Crippen LogP) is 6.14. The van der Waals surface area contributed by atoms with E-state index in [1.165, 1.54) is 4.31 Å². The molecule has 0 unspecified atom stereocenters. The standard InChI is InChI=1S/C36H39N3O4S/c1-26-12-5-6-15-29(26)25-38(32(24-27-13-3-2-4-14-27)36(41)37-30-18-7-8-19-30)34(40)22-11-23-39-31-20-9-16-28-17-10-21-33(35(28)31)44(39,42)43/h2-6,9-10,12-17,20-21,30,32H,7-8,11,18-19,22-25H2,1H3,(H,37,41)/t32-/m0/s1. The second kappa shape index (κ2) is 12.8. The SMILES string of the molecule is Cc1ccccc1CN(C(=O)CCCN1c2cccc3cccc(c23)S1(=O)=O)[C@@H](Cc1ccccc1)C(=O)NC1CCCC1. The van der Waals surface area contributed by atoms with Crippen molar-refractivity contribution >= 4 is 38.3 Å². The molecule has 0 radical (unpaired) electrons. The van der Waals surface area contributed by atoms with Gasteiger partial charge in [0, 0.05) is 37.4 Å². The molecular weight excluding hydrogens is 570 g/mol. The van der Waals surface area contributed by atoms with Crippen molar-refractivity contribution in [1.29, 1.82) is 0 Å². The summed E-state index contributed by atoms with van der Waals surface area (Å²) in [4.78, 5) is 30.1. The predicted molar refractivity (Wildman–Crippen MR) is 174 cm³/mol. The number of nitrogens with one attached hydrogen (secondary N) is 1. The molecule has 1 N–H and O–H groups in total. The molecule has 4 aromatic rings. The van der Waals surface area contributed by atoms with E-state index in [4.69, 9.17) is 0 Å². The van der Waals surface area contributed by atoms with Crippen molar-refractivity contribution in [3.8, 4) is 0 Å². The highest BCUT2D eigenvalue weighted by molar-refractivity contribution is 7.93. The Labute approximate surface area is 259 Å². The van der Waals surface area contributed by atoms with E-state index in [2.05, 4.69) is 5.32 Å². The third-order valence-corrected chi connectivity index (χ3v) is 10.9. The number of sulfonamides is 1. The van der Waals surface area contributed by atoms with Gasteiger partial charge in [0.1, 0.15) is 6.04 Å². The van der Waals surface area contributed by atoms with Crippen LogP contribution < -0.4 is 9.62 Å². The molecule has 8 heteroatoms. The van der Waals surface area contributed by atoms with Crippen molar-refractivity contribution < 1.29 is 18.0 Å². The van der Waals surface area contributed by atoms with Crippen LogP contribution in [0.2, 0.25) is 0 Å². The quantitative estimate of drug-likeness (QED) is 0.222. The van der Waals surface area contributed by atoms with Crippen molar-refractivity contribution in [3.63, 3.8) is 0 Å². The largest absolute Gasteiger partial charge is 0.352 e. The summed E-state index contributed by atoms with van der Waals surface area (Å²) in [5.74, 6) is -0.296. The number of nitrogens with zero attached hydrogens (tertiary/aromatic N) is 2. The van der Waals surface area contributed by atoms with E-state index in [1.54, 1.807) is 17.0 Å². The van der Waals surface area contributed by atoms with Gasteiger partial charge < -0.3 is 10.2 Å². The van der Waals surface area contributed by atoms with Crippen LogP contribution >= 0.6 is 0 Å². The van der Waals surface area contributed by atoms with Crippen LogP contribution in [-0.2, 0) is 32.6 Å². The average Bonchev–Trinajstić information content (AvgIpc) is 3.61. The van der Waals surface area contributed by atoms with E-state index < -0.39 is 16.1 Å². The number of amides is 2. The summed E-state index contributed by atoms with van der Waals surface area (Å²) in [7, 11) is -3.71. The number of hydrogen-bond donors (Lipinski definition) is 1. The lowest BCUT2D eigenvalue weighted by Crippen LogP contribution is -2.52. The zero-order chi connectivity index (χ0) is 30.7. The number of hydrogen-bond acceptors (Lipinski definition) is 4. The van der Waals surface area contributed by atoms with Crippen molar-refractivity contribution in [2.24, 2.45) is 0 Å². The maximum atomic E-state index is 14.2. The zero-order valence-corrected chi connectivity index (χ0v) is 25.9. The Kier molecular flexibility index (Phi) is 8.71. The minimum Gasteiger partial charge on any atom is -0.352 e. The number of carbonyl (C=O) groups excluding carboxylic acids is 2. The first kappa shape index (κ1) is 29.9. The molecule has 44 heavy (non-hydrogen) atoms. The molecule has 4 aromatic carbocycles. The Morgan fingerprint density at radius 3 is 2.36 bits per heavy atom. The molecule has 0 aromatic heterocycles. The highest BCUT2D eigenvalue weighted by atomic mass is 32.2. The highest BCUT2D eigenvalue weighted by Crippen LogP contribution is 2.42. The molecule has 0 saturated heterocycles. The van der Waals surface area contributed by atoms with Crippen LogP contribution in [0.5, 0.6) is 0 Å². The minimum absolute atomic E-state index is 0.117. The Morgan fingerprint density at radius 2 is 1.61 bits per heavy atom. The first-order valence-corrected chi connectivity index (χ1v) is 17.0. The molecule has 7 nitrogen and oxygen atoms in total. The number of benzene rings is 4. The molecule has 1 atom stereocenters. The summed E-state index contributed by atoms with van der Waals surface area (Å²) in [5, 5.41) is 4.86. The lowest BCUT2D eigenvalue weighted by atomic mass is 10.0. The summed E-state index contributed by atoms with van der Waals surface area (Å²) in [6.07, 6.45) is 4.94. The smallest absolute Gasteiger partial charge is 0.265 e. The fraction of sp³-hybridized carbons (Fsp3) is 0.333. The fourth-order valence-electron chi connectivity index (χ4n) is 6.61. The molecule has 2 aliphatic rings. The van der Waals surface area contributed by atoms with Crippen molar-refractivity contribution in [1.82, 2.24) is 10.2 Å². The highest BCUT2D eigenvalue weighted by Gasteiger charge is 2.36. The molecule has 6 rings (SSSR count). The summed E-state index contributed by atoms with van der Waals surface area (Å²) in [5.41, 5.74) is 3.67. The van der Waals surface area contributed by atoms with Crippen LogP contribution in [0.25, 0.3) is 10.8 Å². The van der Waals surface area contributed by atoms with Gasteiger partial charge in [-0.1, -0.05) is 91.7 Å². The van der Waals surface area contributed by atoms with E-state index in [1.807, 2.05) is 85.8 Å². The van der Waals surface area contributed by atoms with Crippen LogP contribution in [0, 0.1) is 6.92 Å². The summed E-state index contributed by atoms with van der Waals surface area (Å²) in [6, 6.07) is 28.1. The van der Waals surface area contributed by atoms with Crippen LogP contribution in [0.15, 0.2) is 95.9 Å². The molecule has 1 fully saturated rings. The van der Waals surface area contributed by atoms with Crippen molar-refractivity contribution in [2.45, 2.75) is 75.4 Å². The molecule has 1 aliphatic heterocycles. The summed E-state index contributed by atoms with van der Waals surface area (Å²) < 4.78 is 28.4. The van der Waals surface area contributed by atoms with Gasteiger partial charge in [0.2, 0.25) is 11.8 Å². The molecular formula is C36H39N3O4S. The van der Waals surface area contributed by atoms with Crippen molar-refractivity contribution in [3.05, 3.63) is 108 Å². The third kappa shape index (κ3) is 6.09. The summed E-state index contributed by atoms with van der Waals surface area (Å²) in [6.45, 7) is 2.49. The van der Waals surface area contributed by atoms with Gasteiger partial charge in [0.25, 0.3) is 10.0 Å². The topological polar surface area (TPSA) is 86.8 Å². The molecule has 1 heterocycles. The van der Waals surface area contributed by atoms with Crippen LogP contribution in [-0.4, -0.2) is 43.8 Å². The molecule has 1 aliphatic carbocycles. The van der Waals surface area contributed by atoms with Gasteiger partial charge in [-0.05, 0) is 60.4 Å². The van der Waals surface area contributed by atoms with E-state index in [0.717, 1.165) is 53.1 Å². The first-order valence-electron chi connectivity index (χ1n) is 15.6. The molecule has 0 spiro atoms. The number of carbonyl (C=O) groups is 2. The maximum Gasteiger partial charge on any atom is 0.265 e. The van der Waals surface area contributed by atoms with Gasteiger partial charge in [-0.15, -0.1) is 0 Å². The normalized spacial score (nSPS) is 16.2. The second-order valence-corrected chi connectivity index (χ2v) is 13.8. The van der Waals surface area contributed by atoms with Gasteiger partial charge in [0.05, 0.1) is 10.6 Å². The second-order valence-electron chi connectivity index (χ2n) is 12.0. The van der Waals surface area contributed by atoms with E-state index >= 15 is 0 Å². The van der Waals surface area contributed by atoms with Gasteiger partial charge in [0.15, 0.2) is 0 Å². The first-order chi connectivity index (χ1) is 21.3. The average molecular weight is 610 g/mol. The minimum atomic E-state index is -3.71. The van der Waals surface area contributed by atoms with Gasteiger partial charge >= 0.3 is 0 Å².